The average molecular weight is 313 g/mol. The van der Waals surface area contributed by atoms with Crippen molar-refractivity contribution in [2.24, 2.45) is 5.92 Å². The predicted octanol–water partition coefficient (Wildman–Crippen LogP) is 2.17. The van der Waals surface area contributed by atoms with E-state index < -0.39 is 0 Å². The van der Waals surface area contributed by atoms with Crippen LogP contribution in [0.5, 0.6) is 0 Å². The van der Waals surface area contributed by atoms with Crippen LogP contribution in [0.2, 0.25) is 0 Å². The molecule has 5 heteroatoms. The molecule has 2 aromatic rings. The Hall–Kier alpha value is -1.72. The molecular formula is C18H27N5. The molecule has 1 N–H and O–H groups in total. The third-order valence-corrected chi connectivity index (χ3v) is 4.52. The fourth-order valence-corrected chi connectivity index (χ4v) is 3.32. The van der Waals surface area contributed by atoms with Crippen LogP contribution >= 0.6 is 0 Å². The highest BCUT2D eigenvalue weighted by molar-refractivity contribution is 5.09. The normalized spacial score (nSPS) is 18.4. The Morgan fingerprint density at radius 3 is 2.87 bits per heavy atom. The van der Waals surface area contributed by atoms with Crippen LogP contribution in [0, 0.1) is 5.92 Å². The lowest BCUT2D eigenvalue weighted by molar-refractivity contribution is 0.196. The van der Waals surface area contributed by atoms with E-state index in [4.69, 9.17) is 0 Å². The van der Waals surface area contributed by atoms with E-state index in [0.29, 0.717) is 0 Å². The minimum absolute atomic E-state index is 0.777. The molecule has 0 unspecified atom stereocenters. The highest BCUT2D eigenvalue weighted by atomic mass is 15.1. The molecule has 1 aliphatic heterocycles. The first kappa shape index (κ1) is 16.1. The van der Waals surface area contributed by atoms with Crippen molar-refractivity contribution in [2.75, 3.05) is 26.2 Å². The highest BCUT2D eigenvalue weighted by Crippen LogP contribution is 2.14. The van der Waals surface area contributed by atoms with Crippen molar-refractivity contribution >= 4 is 0 Å². The van der Waals surface area contributed by atoms with Crippen LogP contribution in [0.4, 0.5) is 0 Å². The number of aryl methyl sites for hydroxylation is 1. The second-order valence-corrected chi connectivity index (χ2v) is 6.46. The maximum Gasteiger partial charge on any atom is 0.0945 e. The summed E-state index contributed by atoms with van der Waals surface area (Å²) >= 11 is 0. The number of pyridine rings is 1. The van der Waals surface area contributed by atoms with Crippen LogP contribution < -0.4 is 5.32 Å². The molecule has 0 radical (unpaired) electrons. The van der Waals surface area contributed by atoms with Crippen molar-refractivity contribution in [2.45, 2.75) is 32.4 Å². The molecule has 1 aliphatic rings. The summed E-state index contributed by atoms with van der Waals surface area (Å²) in [5.41, 5.74) is 1.35. The van der Waals surface area contributed by atoms with E-state index in [-0.39, 0.29) is 0 Å². The highest BCUT2D eigenvalue weighted by Gasteiger charge is 2.17. The van der Waals surface area contributed by atoms with Crippen LogP contribution in [0.1, 0.15) is 24.8 Å². The molecule has 3 heterocycles. The molecule has 1 fully saturated rings. The van der Waals surface area contributed by atoms with Gasteiger partial charge in [-0.3, -0.25) is 9.88 Å². The van der Waals surface area contributed by atoms with Crippen molar-refractivity contribution in [3.63, 3.8) is 0 Å². The van der Waals surface area contributed by atoms with Gasteiger partial charge in [0.15, 0.2) is 0 Å². The van der Waals surface area contributed by atoms with Crippen LogP contribution in [-0.2, 0) is 13.1 Å². The second kappa shape index (κ2) is 8.79. The smallest absolute Gasteiger partial charge is 0.0945 e. The lowest BCUT2D eigenvalue weighted by Crippen LogP contribution is -2.38. The zero-order chi connectivity index (χ0) is 15.7. The van der Waals surface area contributed by atoms with E-state index in [1.807, 2.05) is 31.1 Å². The summed E-state index contributed by atoms with van der Waals surface area (Å²) in [4.78, 5) is 10.8. The third kappa shape index (κ3) is 5.44. The number of aromatic nitrogens is 3. The molecule has 23 heavy (non-hydrogen) atoms. The average Bonchev–Trinajstić information content (AvgIpc) is 3.10. The van der Waals surface area contributed by atoms with Gasteiger partial charge in [-0.05, 0) is 56.0 Å². The number of nitrogens with zero attached hydrogens (tertiary/aromatic N) is 4. The first-order chi connectivity index (χ1) is 11.4. The van der Waals surface area contributed by atoms with Gasteiger partial charge in [0.25, 0.3) is 0 Å². The summed E-state index contributed by atoms with van der Waals surface area (Å²) < 4.78 is 2.16. The molecular weight excluding hydrogens is 286 g/mol. The lowest BCUT2D eigenvalue weighted by Gasteiger charge is -2.30. The predicted molar refractivity (Wildman–Crippen MR) is 92.0 cm³/mol. The van der Waals surface area contributed by atoms with Crippen LogP contribution in [0.15, 0.2) is 43.2 Å². The molecule has 0 bridgehead atoms. The quantitative estimate of drug-likeness (QED) is 0.811. The van der Waals surface area contributed by atoms with Crippen molar-refractivity contribution in [3.8, 4) is 0 Å². The van der Waals surface area contributed by atoms with Gasteiger partial charge in [0, 0.05) is 51.0 Å². The summed E-state index contributed by atoms with van der Waals surface area (Å²) in [6.07, 6.45) is 13.4. The first-order valence-corrected chi connectivity index (χ1v) is 8.68. The minimum Gasteiger partial charge on any atom is -0.337 e. The Bertz CT molecular complexity index is 534. The summed E-state index contributed by atoms with van der Waals surface area (Å²) in [6, 6.07) is 4.25. The molecule has 1 saturated heterocycles. The first-order valence-electron chi connectivity index (χ1n) is 8.68. The Balaban J connectivity index is 1.53. The van der Waals surface area contributed by atoms with E-state index >= 15 is 0 Å². The molecule has 0 aromatic carbocycles. The lowest BCUT2D eigenvalue weighted by atomic mass is 9.99. The van der Waals surface area contributed by atoms with Crippen molar-refractivity contribution in [3.05, 3.63) is 48.8 Å². The molecule has 0 aliphatic carbocycles. The van der Waals surface area contributed by atoms with Gasteiger partial charge in [0.2, 0.25) is 0 Å². The van der Waals surface area contributed by atoms with Gasteiger partial charge in [-0.1, -0.05) is 0 Å². The number of hydrogen-bond acceptors (Lipinski definition) is 4. The monoisotopic (exact) mass is 313 g/mol. The summed E-state index contributed by atoms with van der Waals surface area (Å²) in [5, 5.41) is 3.53. The number of hydrogen-bond donors (Lipinski definition) is 1. The maximum atomic E-state index is 4.13. The van der Waals surface area contributed by atoms with Gasteiger partial charge in [-0.25, -0.2) is 4.98 Å². The van der Waals surface area contributed by atoms with Crippen LogP contribution in [-0.4, -0.2) is 45.6 Å². The van der Waals surface area contributed by atoms with Gasteiger partial charge < -0.3 is 9.88 Å². The molecule has 1 atom stereocenters. The Kier molecular flexibility index (Phi) is 6.17. The van der Waals surface area contributed by atoms with E-state index in [1.54, 1.807) is 0 Å². The van der Waals surface area contributed by atoms with Gasteiger partial charge in [0.1, 0.15) is 0 Å². The van der Waals surface area contributed by atoms with Crippen LogP contribution in [0.25, 0.3) is 0 Å². The van der Waals surface area contributed by atoms with E-state index in [9.17, 15) is 0 Å². The van der Waals surface area contributed by atoms with Gasteiger partial charge in [-0.2, -0.15) is 0 Å². The standard InChI is InChI=1S/C18H27N5/c1-3-18(13-20-6-1)15-23(14-17-4-7-19-8-5-17)11-2-10-22-12-9-21-16-22/h4-5,7-9,12,16,18,20H,1-3,6,10-11,13-15H2/t18-/m0/s1. The van der Waals surface area contributed by atoms with E-state index in [1.165, 1.54) is 31.5 Å². The third-order valence-electron chi connectivity index (χ3n) is 4.52. The zero-order valence-corrected chi connectivity index (χ0v) is 13.8. The molecule has 3 rings (SSSR count). The second-order valence-electron chi connectivity index (χ2n) is 6.46. The van der Waals surface area contributed by atoms with Crippen molar-refractivity contribution in [1.82, 2.24) is 24.8 Å². The molecule has 2 aromatic heterocycles. The SMILES string of the molecule is c1cc(CN(CCCn2ccnc2)C[C@H]2CCCNC2)ccn1. The molecule has 0 saturated carbocycles. The number of imidazole rings is 1. The summed E-state index contributed by atoms with van der Waals surface area (Å²) in [5.74, 6) is 0.777. The van der Waals surface area contributed by atoms with Gasteiger partial charge in [-0.15, -0.1) is 0 Å². The molecule has 0 amide bonds. The number of piperidine rings is 1. The molecule has 124 valence electrons. The zero-order valence-electron chi connectivity index (χ0n) is 13.8. The largest absolute Gasteiger partial charge is 0.337 e. The van der Waals surface area contributed by atoms with Crippen molar-refractivity contribution < 1.29 is 0 Å². The number of nitrogens with one attached hydrogen (secondary N) is 1. The molecule has 5 nitrogen and oxygen atoms in total. The van der Waals surface area contributed by atoms with E-state index in [0.717, 1.165) is 38.5 Å². The van der Waals surface area contributed by atoms with Crippen molar-refractivity contribution in [1.29, 1.82) is 0 Å². The summed E-state index contributed by atoms with van der Waals surface area (Å²) in [7, 11) is 0. The van der Waals surface area contributed by atoms with Crippen LogP contribution in [0.3, 0.4) is 0 Å². The minimum atomic E-state index is 0.777. The maximum absolute atomic E-state index is 4.13. The van der Waals surface area contributed by atoms with Gasteiger partial charge >= 0.3 is 0 Å². The molecule has 0 spiro atoms. The van der Waals surface area contributed by atoms with E-state index in [2.05, 4.69) is 36.9 Å². The Morgan fingerprint density at radius 1 is 1.22 bits per heavy atom. The fraction of sp³-hybridized carbons (Fsp3) is 0.556. The Morgan fingerprint density at radius 2 is 2.13 bits per heavy atom. The van der Waals surface area contributed by atoms with Gasteiger partial charge in [0.05, 0.1) is 6.33 Å². The topological polar surface area (TPSA) is 46.0 Å². The summed E-state index contributed by atoms with van der Waals surface area (Å²) in [6.45, 7) is 6.70. The number of rotatable bonds is 8. The fourth-order valence-electron chi connectivity index (χ4n) is 3.32. The Labute approximate surface area is 138 Å².